The minimum Gasteiger partial charge on any atom is -0.377 e. The van der Waals surface area contributed by atoms with Crippen LogP contribution in [-0.4, -0.2) is 23.8 Å². The van der Waals surface area contributed by atoms with Crippen molar-refractivity contribution in [1.29, 1.82) is 0 Å². The summed E-state index contributed by atoms with van der Waals surface area (Å²) >= 11 is 9.42. The maximum Gasteiger partial charge on any atom is 0.245 e. The molecule has 2 rings (SSSR count). The van der Waals surface area contributed by atoms with Crippen LogP contribution in [0.15, 0.2) is 53.0 Å². The molecule has 2 atom stereocenters. The Hall–Kier alpha value is -1.40. The Morgan fingerprint density at radius 2 is 1.84 bits per heavy atom. The molecule has 2 aromatic carbocycles. The fourth-order valence-corrected chi connectivity index (χ4v) is 3.20. The van der Waals surface area contributed by atoms with Gasteiger partial charge in [0.15, 0.2) is 0 Å². The van der Waals surface area contributed by atoms with Crippen LogP contribution in [0.5, 0.6) is 0 Å². The maximum atomic E-state index is 11.7. The average Bonchev–Trinajstić information content (AvgIpc) is 2.61. The van der Waals surface area contributed by atoms with E-state index in [4.69, 9.17) is 21.5 Å². The first-order valence-corrected chi connectivity index (χ1v) is 9.25. The second kappa shape index (κ2) is 9.92. The molecule has 2 N–H and O–H groups in total. The van der Waals surface area contributed by atoms with E-state index in [1.165, 1.54) is 0 Å². The third-order valence-electron chi connectivity index (χ3n) is 4.01. The van der Waals surface area contributed by atoms with E-state index < -0.39 is 5.91 Å². The molecule has 0 fully saturated rings. The number of hydrogen-bond donors (Lipinski definition) is 2. The molecule has 0 bridgehead atoms. The summed E-state index contributed by atoms with van der Waals surface area (Å²) < 4.78 is 6.84. The van der Waals surface area contributed by atoms with E-state index in [9.17, 15) is 4.79 Å². The number of benzene rings is 2. The van der Waals surface area contributed by atoms with Gasteiger partial charge < -0.3 is 4.74 Å². The molecule has 0 aliphatic carbocycles. The number of hydrogen-bond acceptors (Lipinski definition) is 3. The third-order valence-corrected chi connectivity index (χ3v) is 4.79. The molecule has 25 heavy (non-hydrogen) atoms. The summed E-state index contributed by atoms with van der Waals surface area (Å²) in [6.07, 6.45) is 0.426. The summed E-state index contributed by atoms with van der Waals surface area (Å²) in [6.45, 7) is 2.38. The van der Waals surface area contributed by atoms with E-state index in [0.29, 0.717) is 18.1 Å². The van der Waals surface area contributed by atoms with Crippen molar-refractivity contribution in [2.24, 2.45) is 0 Å². The number of hydroxylamine groups is 1. The Kier molecular flexibility index (Phi) is 7.90. The second-order valence-corrected chi connectivity index (χ2v) is 7.07. The van der Waals surface area contributed by atoms with Gasteiger partial charge in [0.05, 0.1) is 12.5 Å². The summed E-state index contributed by atoms with van der Waals surface area (Å²) in [5.74, 6) is -0.497. The monoisotopic (exact) mass is 425 g/mol. The molecule has 0 heterocycles. The van der Waals surface area contributed by atoms with Gasteiger partial charge in [0.25, 0.3) is 0 Å². The Balaban J connectivity index is 2.32. The fourth-order valence-electron chi connectivity index (χ4n) is 2.81. The highest BCUT2D eigenvalue weighted by Crippen LogP contribution is 2.30. The van der Waals surface area contributed by atoms with Gasteiger partial charge in [0.2, 0.25) is 5.91 Å². The van der Waals surface area contributed by atoms with Crippen LogP contribution >= 0.6 is 27.5 Å². The van der Waals surface area contributed by atoms with E-state index in [2.05, 4.69) is 15.9 Å². The molecule has 134 valence electrons. The van der Waals surface area contributed by atoms with Crippen molar-refractivity contribution in [2.45, 2.75) is 31.8 Å². The molecule has 0 aromatic heterocycles. The number of carbonyl (C=O) groups excluding carboxylic acids is 1. The zero-order chi connectivity index (χ0) is 18.2. The molecule has 0 aliphatic heterocycles. The van der Waals surface area contributed by atoms with Gasteiger partial charge in [-0.05, 0) is 48.7 Å². The Morgan fingerprint density at radius 3 is 2.40 bits per heavy atom. The van der Waals surface area contributed by atoms with Crippen LogP contribution in [0.25, 0.3) is 0 Å². The van der Waals surface area contributed by atoms with Gasteiger partial charge in [0, 0.05) is 22.0 Å². The molecule has 6 heteroatoms. The lowest BCUT2D eigenvalue weighted by molar-refractivity contribution is -0.132. The molecule has 0 unspecified atom stereocenters. The third kappa shape index (κ3) is 6.12. The lowest BCUT2D eigenvalue weighted by atomic mass is 9.85. The first kappa shape index (κ1) is 19.9. The van der Waals surface area contributed by atoms with E-state index >= 15 is 0 Å². The van der Waals surface area contributed by atoms with Crippen molar-refractivity contribution in [3.63, 3.8) is 0 Å². The highest BCUT2D eigenvalue weighted by molar-refractivity contribution is 9.10. The van der Waals surface area contributed by atoms with Crippen LogP contribution in [0.4, 0.5) is 0 Å². The minimum absolute atomic E-state index is 0.0356. The van der Waals surface area contributed by atoms with Gasteiger partial charge >= 0.3 is 0 Å². The first-order chi connectivity index (χ1) is 12.0. The highest BCUT2D eigenvalue weighted by Gasteiger charge is 2.26. The average molecular weight is 427 g/mol. The lowest BCUT2D eigenvalue weighted by Gasteiger charge is -2.27. The van der Waals surface area contributed by atoms with Crippen molar-refractivity contribution in [1.82, 2.24) is 5.48 Å². The van der Waals surface area contributed by atoms with Crippen molar-refractivity contribution in [2.75, 3.05) is 6.61 Å². The maximum absolute atomic E-state index is 11.7. The molecule has 0 spiro atoms. The molecule has 0 saturated carbocycles. The summed E-state index contributed by atoms with van der Waals surface area (Å²) in [5, 5.41) is 9.57. The van der Waals surface area contributed by atoms with Crippen LogP contribution in [0.1, 0.15) is 30.4 Å². The zero-order valence-corrected chi connectivity index (χ0v) is 16.3. The number of ether oxygens (including phenoxy) is 1. The van der Waals surface area contributed by atoms with Crippen molar-refractivity contribution in [3.05, 3.63) is 69.2 Å². The quantitative estimate of drug-likeness (QED) is 0.474. The largest absolute Gasteiger partial charge is 0.377 e. The summed E-state index contributed by atoms with van der Waals surface area (Å²) in [5.41, 5.74) is 3.87. The minimum atomic E-state index is -0.461. The molecule has 4 nitrogen and oxygen atoms in total. The predicted octanol–water partition coefficient (Wildman–Crippen LogP) is 4.73. The second-order valence-electron chi connectivity index (χ2n) is 5.72. The topological polar surface area (TPSA) is 58.6 Å². The van der Waals surface area contributed by atoms with E-state index in [1.807, 2.05) is 55.5 Å². The molecular weight excluding hydrogens is 406 g/mol. The molecule has 0 radical (unpaired) electrons. The van der Waals surface area contributed by atoms with E-state index in [-0.39, 0.29) is 18.4 Å². The van der Waals surface area contributed by atoms with Crippen molar-refractivity contribution < 1.29 is 14.7 Å². The van der Waals surface area contributed by atoms with Gasteiger partial charge in [-0.3, -0.25) is 10.0 Å². The van der Waals surface area contributed by atoms with Crippen molar-refractivity contribution >= 4 is 33.4 Å². The molecule has 0 saturated heterocycles. The van der Waals surface area contributed by atoms with Gasteiger partial charge in [-0.1, -0.05) is 51.8 Å². The smallest absolute Gasteiger partial charge is 0.245 e. The molecular formula is C19H21BrClNO3. The van der Waals surface area contributed by atoms with Gasteiger partial charge in [-0.15, -0.1) is 0 Å². The van der Waals surface area contributed by atoms with Crippen LogP contribution < -0.4 is 5.48 Å². The predicted molar refractivity (Wildman–Crippen MR) is 102 cm³/mol. The van der Waals surface area contributed by atoms with Crippen molar-refractivity contribution in [3.8, 4) is 0 Å². The van der Waals surface area contributed by atoms with Crippen LogP contribution in [-0.2, 0) is 16.0 Å². The molecule has 0 aliphatic rings. The first-order valence-electron chi connectivity index (χ1n) is 8.08. The Labute approximate surface area is 161 Å². The van der Waals surface area contributed by atoms with Gasteiger partial charge in [-0.2, -0.15) is 0 Å². The number of amides is 1. The van der Waals surface area contributed by atoms with Crippen LogP contribution in [0, 0.1) is 0 Å². The van der Waals surface area contributed by atoms with Gasteiger partial charge in [0.1, 0.15) is 0 Å². The van der Waals surface area contributed by atoms with Gasteiger partial charge in [-0.25, -0.2) is 5.48 Å². The van der Waals surface area contributed by atoms with Crippen LogP contribution in [0.2, 0.25) is 5.02 Å². The Bertz CT molecular complexity index is 676. The number of halogens is 2. The number of carbonyl (C=O) groups is 1. The fraction of sp³-hybridized carbons (Fsp3) is 0.316. The lowest BCUT2D eigenvalue weighted by Crippen LogP contribution is -2.31. The molecule has 1 amide bonds. The molecule has 2 aromatic rings. The standard InChI is InChI=1S/C19H21BrClNO3/c1-2-25-18(12-19(23)22-24)17(14-5-7-15(20)8-6-14)11-13-3-9-16(21)10-4-13/h3-10,17-18,24H,2,11-12H2,1H3,(H,22,23)/t17-,18-/m1/s1. The van der Waals surface area contributed by atoms with E-state index in [0.717, 1.165) is 15.6 Å². The number of rotatable bonds is 8. The number of nitrogens with one attached hydrogen (secondary N) is 1. The van der Waals surface area contributed by atoms with E-state index in [1.54, 1.807) is 5.48 Å². The SMILES string of the molecule is CCO[C@H](CC(=O)NO)[C@H](Cc1ccc(Cl)cc1)c1ccc(Br)cc1. The Morgan fingerprint density at radius 1 is 1.20 bits per heavy atom. The summed E-state index contributed by atoms with van der Waals surface area (Å²) in [4.78, 5) is 11.7. The summed E-state index contributed by atoms with van der Waals surface area (Å²) in [7, 11) is 0. The zero-order valence-electron chi connectivity index (χ0n) is 13.9. The van der Waals surface area contributed by atoms with Crippen LogP contribution in [0.3, 0.4) is 0 Å². The highest BCUT2D eigenvalue weighted by atomic mass is 79.9. The normalized spacial score (nSPS) is 13.3. The summed E-state index contributed by atoms with van der Waals surface area (Å²) in [6, 6.07) is 15.6.